The van der Waals surface area contributed by atoms with Gasteiger partial charge in [-0.1, -0.05) is 24.3 Å². The van der Waals surface area contributed by atoms with E-state index in [9.17, 15) is 5.11 Å². The van der Waals surface area contributed by atoms with Crippen LogP contribution in [0.2, 0.25) is 0 Å². The summed E-state index contributed by atoms with van der Waals surface area (Å²) in [6, 6.07) is 19.3. The standard InChI is InChI=1S/C18H12N2O/c21-18-11-13(10-17-14(18)5-3-9-19-17)16-8-7-12-4-1-2-6-15(12)20-16/h1-11,21H. The monoisotopic (exact) mass is 272 g/mol. The van der Waals surface area contributed by atoms with Crippen molar-refractivity contribution >= 4 is 21.8 Å². The number of fused-ring (bicyclic) bond motifs is 2. The number of phenols is 1. The van der Waals surface area contributed by atoms with Crippen molar-refractivity contribution in [2.75, 3.05) is 0 Å². The maximum atomic E-state index is 10.2. The van der Waals surface area contributed by atoms with Gasteiger partial charge in [0.25, 0.3) is 0 Å². The van der Waals surface area contributed by atoms with Crippen LogP contribution in [0.5, 0.6) is 5.75 Å². The van der Waals surface area contributed by atoms with Gasteiger partial charge < -0.3 is 5.11 Å². The summed E-state index contributed by atoms with van der Waals surface area (Å²) in [6.07, 6.45) is 1.72. The molecule has 0 aliphatic carbocycles. The van der Waals surface area contributed by atoms with Crippen LogP contribution in [0.3, 0.4) is 0 Å². The number of pyridine rings is 2. The quantitative estimate of drug-likeness (QED) is 0.566. The molecule has 0 aliphatic rings. The Balaban J connectivity index is 1.95. The molecule has 100 valence electrons. The first-order valence-electron chi connectivity index (χ1n) is 6.75. The minimum Gasteiger partial charge on any atom is -0.507 e. The van der Waals surface area contributed by atoms with Crippen molar-refractivity contribution in [3.63, 3.8) is 0 Å². The van der Waals surface area contributed by atoms with Gasteiger partial charge in [-0.05, 0) is 36.4 Å². The molecule has 0 unspecified atom stereocenters. The molecule has 0 spiro atoms. The minimum atomic E-state index is 0.227. The molecule has 2 aromatic carbocycles. The molecule has 21 heavy (non-hydrogen) atoms. The molecule has 0 radical (unpaired) electrons. The molecule has 0 aliphatic heterocycles. The number of nitrogens with zero attached hydrogens (tertiary/aromatic N) is 2. The number of aromatic nitrogens is 2. The second-order valence-corrected chi connectivity index (χ2v) is 4.95. The van der Waals surface area contributed by atoms with Crippen molar-refractivity contribution in [2.45, 2.75) is 0 Å². The number of rotatable bonds is 1. The Morgan fingerprint density at radius 2 is 1.71 bits per heavy atom. The van der Waals surface area contributed by atoms with Crippen molar-refractivity contribution in [1.82, 2.24) is 9.97 Å². The lowest BCUT2D eigenvalue weighted by molar-refractivity contribution is 0.482. The van der Waals surface area contributed by atoms with E-state index in [1.54, 1.807) is 12.3 Å². The van der Waals surface area contributed by atoms with E-state index >= 15 is 0 Å². The van der Waals surface area contributed by atoms with Gasteiger partial charge in [-0.15, -0.1) is 0 Å². The highest BCUT2D eigenvalue weighted by Gasteiger charge is 2.07. The topological polar surface area (TPSA) is 46.0 Å². The lowest BCUT2D eigenvalue weighted by atomic mass is 10.1. The molecule has 4 rings (SSSR count). The fourth-order valence-electron chi connectivity index (χ4n) is 2.54. The van der Waals surface area contributed by atoms with Gasteiger partial charge in [-0.25, -0.2) is 4.98 Å². The summed E-state index contributed by atoms with van der Waals surface area (Å²) in [5.74, 6) is 0.227. The Bertz CT molecular complexity index is 963. The molecule has 0 saturated heterocycles. The number of hydrogen-bond donors (Lipinski definition) is 1. The van der Waals surface area contributed by atoms with E-state index in [1.807, 2.05) is 54.6 Å². The molecular formula is C18H12N2O. The molecule has 1 N–H and O–H groups in total. The van der Waals surface area contributed by atoms with Crippen molar-refractivity contribution in [3.05, 3.63) is 66.9 Å². The Labute approximate surface area is 121 Å². The van der Waals surface area contributed by atoms with Crippen LogP contribution >= 0.6 is 0 Å². The van der Waals surface area contributed by atoms with Crippen molar-refractivity contribution in [3.8, 4) is 17.0 Å². The average molecular weight is 272 g/mol. The predicted octanol–water partition coefficient (Wildman–Crippen LogP) is 4.16. The Kier molecular flexibility index (Phi) is 2.57. The Morgan fingerprint density at radius 1 is 0.810 bits per heavy atom. The van der Waals surface area contributed by atoms with E-state index in [1.165, 1.54) is 0 Å². The third kappa shape index (κ3) is 1.99. The van der Waals surface area contributed by atoms with Gasteiger partial charge in [0.1, 0.15) is 5.75 Å². The van der Waals surface area contributed by atoms with Gasteiger partial charge in [-0.3, -0.25) is 4.98 Å². The summed E-state index contributed by atoms with van der Waals surface area (Å²) in [7, 11) is 0. The van der Waals surface area contributed by atoms with Crippen LogP contribution in [0, 0.1) is 0 Å². The van der Waals surface area contributed by atoms with Crippen LogP contribution in [0.25, 0.3) is 33.1 Å². The smallest absolute Gasteiger partial charge is 0.125 e. The van der Waals surface area contributed by atoms with Crippen molar-refractivity contribution in [2.24, 2.45) is 0 Å². The zero-order chi connectivity index (χ0) is 14.2. The summed E-state index contributed by atoms with van der Waals surface area (Å²) >= 11 is 0. The predicted molar refractivity (Wildman–Crippen MR) is 84.1 cm³/mol. The number of benzene rings is 2. The Morgan fingerprint density at radius 3 is 2.67 bits per heavy atom. The molecule has 0 amide bonds. The summed E-state index contributed by atoms with van der Waals surface area (Å²) in [5.41, 5.74) is 3.40. The molecule has 3 heteroatoms. The van der Waals surface area contributed by atoms with Crippen molar-refractivity contribution in [1.29, 1.82) is 0 Å². The first kappa shape index (κ1) is 11.9. The fourth-order valence-corrected chi connectivity index (χ4v) is 2.54. The third-order valence-corrected chi connectivity index (χ3v) is 3.59. The maximum absolute atomic E-state index is 10.2. The van der Waals surface area contributed by atoms with Crippen LogP contribution in [-0.4, -0.2) is 15.1 Å². The third-order valence-electron chi connectivity index (χ3n) is 3.59. The average Bonchev–Trinajstić information content (AvgIpc) is 2.54. The summed E-state index contributed by atoms with van der Waals surface area (Å²) in [6.45, 7) is 0. The second-order valence-electron chi connectivity index (χ2n) is 4.95. The zero-order valence-electron chi connectivity index (χ0n) is 11.2. The van der Waals surface area contributed by atoms with Gasteiger partial charge in [0, 0.05) is 22.5 Å². The van der Waals surface area contributed by atoms with E-state index in [0.29, 0.717) is 0 Å². The maximum Gasteiger partial charge on any atom is 0.125 e. The second kappa shape index (κ2) is 4.56. The summed E-state index contributed by atoms with van der Waals surface area (Å²) in [5, 5.41) is 12.0. The first-order chi connectivity index (χ1) is 10.3. The molecule has 4 aromatic rings. The van der Waals surface area contributed by atoms with E-state index in [4.69, 9.17) is 0 Å². The highest BCUT2D eigenvalue weighted by atomic mass is 16.3. The lowest BCUT2D eigenvalue weighted by Gasteiger charge is -2.06. The highest BCUT2D eigenvalue weighted by molar-refractivity contribution is 5.90. The molecule has 2 aromatic heterocycles. The number of aromatic hydroxyl groups is 1. The van der Waals surface area contributed by atoms with Crippen LogP contribution in [0.15, 0.2) is 66.9 Å². The normalized spacial score (nSPS) is 11.0. The number of hydrogen-bond acceptors (Lipinski definition) is 3. The molecular weight excluding hydrogens is 260 g/mol. The van der Waals surface area contributed by atoms with Crippen LogP contribution in [0.1, 0.15) is 0 Å². The largest absolute Gasteiger partial charge is 0.507 e. The number of para-hydroxylation sites is 1. The van der Waals surface area contributed by atoms with Crippen LogP contribution < -0.4 is 0 Å². The van der Waals surface area contributed by atoms with E-state index < -0.39 is 0 Å². The van der Waals surface area contributed by atoms with Gasteiger partial charge in [-0.2, -0.15) is 0 Å². The first-order valence-corrected chi connectivity index (χ1v) is 6.75. The summed E-state index contributed by atoms with van der Waals surface area (Å²) < 4.78 is 0. The summed E-state index contributed by atoms with van der Waals surface area (Å²) in [4.78, 5) is 8.96. The van der Waals surface area contributed by atoms with Gasteiger partial charge in [0.15, 0.2) is 0 Å². The van der Waals surface area contributed by atoms with Gasteiger partial charge in [0.2, 0.25) is 0 Å². The van der Waals surface area contributed by atoms with E-state index in [2.05, 4.69) is 9.97 Å². The van der Waals surface area contributed by atoms with Crippen LogP contribution in [0.4, 0.5) is 0 Å². The van der Waals surface area contributed by atoms with Gasteiger partial charge >= 0.3 is 0 Å². The van der Waals surface area contributed by atoms with Gasteiger partial charge in [0.05, 0.1) is 16.7 Å². The molecule has 0 saturated carbocycles. The van der Waals surface area contributed by atoms with Crippen LogP contribution in [-0.2, 0) is 0 Å². The molecule has 2 heterocycles. The molecule has 3 nitrogen and oxygen atoms in total. The fraction of sp³-hybridized carbons (Fsp3) is 0. The van der Waals surface area contributed by atoms with Crippen molar-refractivity contribution < 1.29 is 5.11 Å². The Hall–Kier alpha value is -2.94. The van der Waals surface area contributed by atoms with E-state index in [-0.39, 0.29) is 5.75 Å². The molecule has 0 bridgehead atoms. The lowest BCUT2D eigenvalue weighted by Crippen LogP contribution is -1.87. The SMILES string of the molecule is Oc1cc(-c2ccc3ccccc3n2)cc2ncccc12. The van der Waals surface area contributed by atoms with E-state index in [0.717, 1.165) is 33.1 Å². The molecule has 0 atom stereocenters. The number of phenolic OH excluding ortho intramolecular Hbond substituents is 1. The molecule has 0 fully saturated rings. The highest BCUT2D eigenvalue weighted by Crippen LogP contribution is 2.30. The zero-order valence-corrected chi connectivity index (χ0v) is 11.2. The minimum absolute atomic E-state index is 0.227.